The van der Waals surface area contributed by atoms with Crippen molar-refractivity contribution in [3.63, 3.8) is 0 Å². The first kappa shape index (κ1) is 17.2. The predicted molar refractivity (Wildman–Crippen MR) is 97.6 cm³/mol. The second-order valence-corrected chi connectivity index (χ2v) is 6.99. The largest absolute Gasteiger partial charge is 0.351 e. The van der Waals surface area contributed by atoms with Gasteiger partial charge in [-0.25, -0.2) is 0 Å². The molecule has 1 heterocycles. The zero-order valence-electron chi connectivity index (χ0n) is 14.5. The zero-order chi connectivity index (χ0) is 16.6. The first-order valence-corrected chi connectivity index (χ1v) is 9.20. The number of piperazine rings is 1. The van der Waals surface area contributed by atoms with Gasteiger partial charge in [0.15, 0.2) is 0 Å². The van der Waals surface area contributed by atoms with Gasteiger partial charge >= 0.3 is 0 Å². The molecule has 0 aromatic heterocycles. The fourth-order valence-electron chi connectivity index (χ4n) is 3.57. The van der Waals surface area contributed by atoms with Crippen LogP contribution in [0.1, 0.15) is 24.8 Å². The average Bonchev–Trinajstić information content (AvgIpc) is 2.63. The highest BCUT2D eigenvalue weighted by atomic mass is 16.2. The summed E-state index contributed by atoms with van der Waals surface area (Å²) in [4.78, 5) is 17.0. The molecule has 0 saturated carbocycles. The molecular weight excluding hydrogens is 298 g/mol. The number of rotatable bonds is 6. The Morgan fingerprint density at radius 3 is 2.50 bits per heavy atom. The summed E-state index contributed by atoms with van der Waals surface area (Å²) >= 11 is 0. The van der Waals surface area contributed by atoms with E-state index in [1.54, 1.807) is 0 Å². The average molecular weight is 327 g/mol. The molecule has 0 bridgehead atoms. The predicted octanol–water partition coefficient (Wildman–Crippen LogP) is 2.28. The number of nitrogens with zero attached hydrogens (tertiary/aromatic N) is 2. The Hall–Kier alpha value is -1.65. The number of nitrogens with one attached hydrogen (secondary N) is 1. The topological polar surface area (TPSA) is 35.6 Å². The Morgan fingerprint density at radius 1 is 1.04 bits per heavy atom. The van der Waals surface area contributed by atoms with Gasteiger partial charge in [-0.1, -0.05) is 42.5 Å². The second-order valence-electron chi connectivity index (χ2n) is 6.99. The molecule has 4 heteroatoms. The third kappa shape index (κ3) is 5.46. The Bertz CT molecular complexity index is 535. The molecule has 1 aromatic carbocycles. The Balaban J connectivity index is 1.33. The molecule has 0 spiro atoms. The summed E-state index contributed by atoms with van der Waals surface area (Å²) in [6.07, 6.45) is 8.46. The summed E-state index contributed by atoms with van der Waals surface area (Å²) in [5.74, 6) is 0.959. The Labute approximate surface area is 145 Å². The highest BCUT2D eigenvalue weighted by Crippen LogP contribution is 2.19. The highest BCUT2D eigenvalue weighted by molar-refractivity contribution is 5.78. The summed E-state index contributed by atoms with van der Waals surface area (Å²) in [7, 11) is 0. The van der Waals surface area contributed by atoms with E-state index in [9.17, 15) is 4.79 Å². The van der Waals surface area contributed by atoms with E-state index in [0.717, 1.165) is 37.7 Å². The van der Waals surface area contributed by atoms with Gasteiger partial charge in [-0.15, -0.1) is 0 Å². The summed E-state index contributed by atoms with van der Waals surface area (Å²) in [5, 5.41) is 3.02. The smallest absolute Gasteiger partial charge is 0.234 e. The minimum Gasteiger partial charge on any atom is -0.351 e. The van der Waals surface area contributed by atoms with Gasteiger partial charge in [-0.2, -0.15) is 0 Å². The molecule has 3 rings (SSSR count). The van der Waals surface area contributed by atoms with Crippen molar-refractivity contribution in [2.75, 3.05) is 39.3 Å². The normalized spacial score (nSPS) is 22.4. The molecule has 1 fully saturated rings. The molecular formula is C20H29N3O. The lowest BCUT2D eigenvalue weighted by atomic mass is 9.94. The van der Waals surface area contributed by atoms with Gasteiger partial charge in [0.25, 0.3) is 0 Å². The van der Waals surface area contributed by atoms with Gasteiger partial charge in [-0.05, 0) is 30.7 Å². The first-order valence-electron chi connectivity index (χ1n) is 9.20. The standard InChI is InChI=1S/C20H29N3O/c24-20(21-15-18-7-3-1-4-8-18)17-23-13-11-22(12-14-23)16-19-9-5-2-6-10-19/h1-5,7-8,19H,6,9-17H2,(H,21,24). The zero-order valence-corrected chi connectivity index (χ0v) is 14.5. The number of amides is 1. The SMILES string of the molecule is O=C(CN1CCN(CC2CC=CCC2)CC1)NCc1ccccc1. The minimum atomic E-state index is 0.129. The summed E-state index contributed by atoms with van der Waals surface area (Å²) < 4.78 is 0. The van der Waals surface area contributed by atoms with Crippen LogP contribution < -0.4 is 5.32 Å². The van der Waals surface area contributed by atoms with Crippen molar-refractivity contribution >= 4 is 5.91 Å². The van der Waals surface area contributed by atoms with Crippen molar-refractivity contribution in [2.45, 2.75) is 25.8 Å². The van der Waals surface area contributed by atoms with Gasteiger partial charge < -0.3 is 10.2 Å². The number of allylic oxidation sites excluding steroid dienone is 2. The molecule has 1 aromatic rings. The van der Waals surface area contributed by atoms with E-state index in [-0.39, 0.29) is 5.91 Å². The Kier molecular flexibility index (Phi) is 6.44. The lowest BCUT2D eigenvalue weighted by molar-refractivity contribution is -0.122. The number of hydrogen-bond acceptors (Lipinski definition) is 3. The van der Waals surface area contributed by atoms with Crippen molar-refractivity contribution in [3.8, 4) is 0 Å². The molecule has 1 amide bonds. The van der Waals surface area contributed by atoms with Crippen molar-refractivity contribution < 1.29 is 4.79 Å². The molecule has 2 aliphatic rings. The first-order chi connectivity index (χ1) is 11.8. The van der Waals surface area contributed by atoms with E-state index in [1.165, 1.54) is 25.8 Å². The van der Waals surface area contributed by atoms with Crippen LogP contribution >= 0.6 is 0 Å². The molecule has 1 aliphatic carbocycles. The van der Waals surface area contributed by atoms with Crippen LogP contribution in [0, 0.1) is 5.92 Å². The molecule has 1 N–H and O–H groups in total. The van der Waals surface area contributed by atoms with Gasteiger partial charge in [-0.3, -0.25) is 9.69 Å². The van der Waals surface area contributed by atoms with Crippen LogP contribution in [0.15, 0.2) is 42.5 Å². The molecule has 0 radical (unpaired) electrons. The van der Waals surface area contributed by atoms with E-state index < -0.39 is 0 Å². The van der Waals surface area contributed by atoms with Crippen LogP contribution in [0.2, 0.25) is 0 Å². The van der Waals surface area contributed by atoms with E-state index >= 15 is 0 Å². The maximum absolute atomic E-state index is 12.1. The minimum absolute atomic E-state index is 0.129. The molecule has 24 heavy (non-hydrogen) atoms. The van der Waals surface area contributed by atoms with Crippen LogP contribution in [-0.2, 0) is 11.3 Å². The third-order valence-corrected chi connectivity index (χ3v) is 5.06. The van der Waals surface area contributed by atoms with E-state index in [1.807, 2.05) is 30.3 Å². The van der Waals surface area contributed by atoms with Gasteiger partial charge in [0.2, 0.25) is 5.91 Å². The third-order valence-electron chi connectivity index (χ3n) is 5.06. The van der Waals surface area contributed by atoms with Crippen molar-refractivity contribution in [1.82, 2.24) is 15.1 Å². The lowest BCUT2D eigenvalue weighted by Crippen LogP contribution is -2.50. The fraction of sp³-hybridized carbons (Fsp3) is 0.550. The van der Waals surface area contributed by atoms with E-state index in [4.69, 9.17) is 0 Å². The van der Waals surface area contributed by atoms with E-state index in [2.05, 4.69) is 27.3 Å². The van der Waals surface area contributed by atoms with Crippen LogP contribution in [-0.4, -0.2) is 55.0 Å². The summed E-state index contributed by atoms with van der Waals surface area (Å²) in [5.41, 5.74) is 1.15. The van der Waals surface area contributed by atoms with Crippen LogP contribution in [0.4, 0.5) is 0 Å². The Morgan fingerprint density at radius 2 is 1.79 bits per heavy atom. The lowest BCUT2D eigenvalue weighted by Gasteiger charge is -2.36. The molecule has 1 saturated heterocycles. The number of benzene rings is 1. The maximum Gasteiger partial charge on any atom is 0.234 e. The monoisotopic (exact) mass is 327 g/mol. The van der Waals surface area contributed by atoms with E-state index in [0.29, 0.717) is 13.1 Å². The highest BCUT2D eigenvalue weighted by Gasteiger charge is 2.21. The molecule has 4 nitrogen and oxygen atoms in total. The van der Waals surface area contributed by atoms with Gasteiger partial charge in [0, 0.05) is 39.3 Å². The molecule has 1 unspecified atom stereocenters. The summed E-state index contributed by atoms with van der Waals surface area (Å²) in [6, 6.07) is 10.1. The quantitative estimate of drug-likeness (QED) is 0.814. The molecule has 1 aliphatic heterocycles. The number of carbonyl (C=O) groups is 1. The number of hydrogen-bond donors (Lipinski definition) is 1. The number of carbonyl (C=O) groups excluding carboxylic acids is 1. The van der Waals surface area contributed by atoms with Crippen molar-refractivity contribution in [3.05, 3.63) is 48.0 Å². The fourth-order valence-corrected chi connectivity index (χ4v) is 3.57. The second kappa shape index (κ2) is 9.00. The van der Waals surface area contributed by atoms with Crippen molar-refractivity contribution in [1.29, 1.82) is 0 Å². The molecule has 1 atom stereocenters. The van der Waals surface area contributed by atoms with Crippen LogP contribution in [0.25, 0.3) is 0 Å². The summed E-state index contributed by atoms with van der Waals surface area (Å²) in [6.45, 7) is 6.54. The maximum atomic E-state index is 12.1. The molecule has 130 valence electrons. The van der Waals surface area contributed by atoms with Crippen molar-refractivity contribution in [2.24, 2.45) is 5.92 Å². The van der Waals surface area contributed by atoms with Gasteiger partial charge in [0.05, 0.1) is 6.54 Å². The van der Waals surface area contributed by atoms with Crippen LogP contribution in [0.5, 0.6) is 0 Å². The van der Waals surface area contributed by atoms with Gasteiger partial charge in [0.1, 0.15) is 0 Å². The van der Waals surface area contributed by atoms with Crippen LogP contribution in [0.3, 0.4) is 0 Å².